The van der Waals surface area contributed by atoms with E-state index in [1.807, 2.05) is 46.5 Å². The second-order valence-corrected chi connectivity index (χ2v) is 3.97. The first-order valence-electron chi connectivity index (χ1n) is 5.88. The van der Waals surface area contributed by atoms with Gasteiger partial charge in [0.2, 0.25) is 0 Å². The number of rotatable bonds is 4. The van der Waals surface area contributed by atoms with Crippen molar-refractivity contribution in [3.05, 3.63) is 85.6 Å². The lowest BCUT2D eigenvalue weighted by atomic mass is 10.0. The summed E-state index contributed by atoms with van der Waals surface area (Å²) in [7, 11) is 0. The van der Waals surface area contributed by atoms with Crippen LogP contribution >= 0.6 is 0 Å². The van der Waals surface area contributed by atoms with Crippen LogP contribution < -0.4 is 34.0 Å². The molecule has 2 aliphatic rings. The fourth-order valence-corrected chi connectivity index (χ4v) is 1.69. The van der Waals surface area contributed by atoms with E-state index < -0.39 is 0 Å². The summed E-state index contributed by atoms with van der Waals surface area (Å²) in [5.41, 5.74) is 2.27. The highest BCUT2D eigenvalue weighted by Crippen LogP contribution is 2.18. The van der Waals surface area contributed by atoms with Crippen molar-refractivity contribution in [2.24, 2.45) is 0 Å². The maximum absolute atomic E-state index is 3.71. The molecule has 0 aromatic heterocycles. The summed E-state index contributed by atoms with van der Waals surface area (Å²) in [6, 6.07) is 0. The first-order chi connectivity index (χ1) is 8.83. The Morgan fingerprint density at radius 3 is 1.50 bits per heavy atom. The van der Waals surface area contributed by atoms with E-state index in [4.69, 9.17) is 0 Å². The van der Waals surface area contributed by atoms with Gasteiger partial charge >= 0.3 is 0 Å². The smallest absolute Gasteiger partial charge is 0.153 e. The molecule has 0 spiro atoms. The quantitative estimate of drug-likeness (QED) is 0.369. The van der Waals surface area contributed by atoms with Crippen molar-refractivity contribution in [2.45, 2.75) is 0 Å². The zero-order chi connectivity index (χ0) is 12.8. The highest BCUT2D eigenvalue weighted by atomic mass is 79.9. The Kier molecular flexibility index (Phi) is 8.78. The standard InChI is InChI=1S/C16H16N2.2BrH/c1-3-9-17-11-5-15(6-12-17)16-7-13-18(10-4-2)14-8-16;;/h3-8,11,13H,1-2,9-10H2;2*1H/q+2;;/p-2. The minimum absolute atomic E-state index is 0. The third-order valence-corrected chi connectivity index (χ3v) is 2.62. The van der Waals surface area contributed by atoms with E-state index in [0.29, 0.717) is 0 Å². The Hall–Kier alpha value is -1.44. The predicted molar refractivity (Wildman–Crippen MR) is 74.7 cm³/mol. The highest BCUT2D eigenvalue weighted by molar-refractivity contribution is 5.47. The molecule has 0 saturated carbocycles. The van der Waals surface area contributed by atoms with Gasteiger partial charge in [0.1, 0.15) is 37.0 Å². The van der Waals surface area contributed by atoms with E-state index in [9.17, 15) is 0 Å². The van der Waals surface area contributed by atoms with Gasteiger partial charge in [-0.1, -0.05) is 12.2 Å². The lowest BCUT2D eigenvalue weighted by Crippen LogP contribution is -3.00. The molecular weight excluding hydrogens is 380 g/mol. The van der Waals surface area contributed by atoms with Crippen LogP contribution in [0, 0.1) is 12.4 Å². The minimum Gasteiger partial charge on any atom is -1.00 e. The molecule has 0 radical (unpaired) electrons. The number of hydrogen-bond donors (Lipinski definition) is 0. The fraction of sp³-hybridized carbons (Fsp3) is 0.125. The Labute approximate surface area is 142 Å². The lowest BCUT2D eigenvalue weighted by molar-refractivity contribution is -0.00100. The van der Waals surface area contributed by atoms with E-state index in [0.717, 1.165) is 24.2 Å². The van der Waals surface area contributed by atoms with Gasteiger partial charge in [0.15, 0.2) is 11.1 Å². The zero-order valence-electron chi connectivity index (χ0n) is 11.1. The second kappa shape index (κ2) is 9.46. The van der Waals surface area contributed by atoms with Gasteiger partial charge in [-0.15, -0.1) is 13.2 Å². The molecule has 104 valence electrons. The molecular formula is C16H16Br2N2. The Bertz CT molecular complexity index is 409. The summed E-state index contributed by atoms with van der Waals surface area (Å²) >= 11 is 0. The van der Waals surface area contributed by atoms with E-state index in [2.05, 4.69) is 37.7 Å². The minimum atomic E-state index is 0. The average Bonchev–Trinajstić information content (AvgIpc) is 2.41. The van der Waals surface area contributed by atoms with E-state index in [-0.39, 0.29) is 34.0 Å². The molecule has 0 saturated heterocycles. The van der Waals surface area contributed by atoms with Gasteiger partial charge in [-0.3, -0.25) is 0 Å². The molecule has 0 aliphatic carbocycles. The molecule has 20 heavy (non-hydrogen) atoms. The first-order valence-corrected chi connectivity index (χ1v) is 5.88. The summed E-state index contributed by atoms with van der Waals surface area (Å²) in [5.74, 6) is 0. The number of nitrogens with zero attached hydrogens (tertiary/aromatic N) is 2. The SMILES string of the molecule is C=CCN1[C+]=CC(=C2C=[C+]N(CC=C)C=C2)C=C1.[Br-].[Br-]. The van der Waals surface area contributed by atoms with Crippen LogP contribution in [0.2, 0.25) is 0 Å². The molecule has 0 N–H and O–H groups in total. The van der Waals surface area contributed by atoms with Gasteiger partial charge in [-0.05, 0) is 0 Å². The Balaban J connectivity index is 0.00000180. The molecule has 0 aromatic carbocycles. The summed E-state index contributed by atoms with van der Waals surface area (Å²) in [6.07, 6.45) is 22.2. The van der Waals surface area contributed by atoms with Crippen LogP contribution in [0.15, 0.2) is 73.2 Å². The maximum atomic E-state index is 3.71. The van der Waals surface area contributed by atoms with Crippen LogP contribution in [0.1, 0.15) is 0 Å². The van der Waals surface area contributed by atoms with Gasteiger partial charge in [0.25, 0.3) is 0 Å². The molecule has 0 fully saturated rings. The van der Waals surface area contributed by atoms with Crippen molar-refractivity contribution in [1.29, 1.82) is 0 Å². The zero-order valence-corrected chi connectivity index (χ0v) is 14.3. The molecule has 0 amide bonds. The maximum Gasteiger partial charge on any atom is 0.153 e. The fourth-order valence-electron chi connectivity index (χ4n) is 1.69. The normalized spacial score (nSPS) is 18.6. The van der Waals surface area contributed by atoms with Crippen LogP contribution in [0.5, 0.6) is 0 Å². The number of halogens is 2. The van der Waals surface area contributed by atoms with Crippen molar-refractivity contribution < 1.29 is 34.0 Å². The third-order valence-electron chi connectivity index (χ3n) is 2.62. The van der Waals surface area contributed by atoms with Crippen LogP contribution in [0.25, 0.3) is 0 Å². The van der Waals surface area contributed by atoms with Crippen LogP contribution in [-0.4, -0.2) is 22.9 Å². The topological polar surface area (TPSA) is 6.48 Å². The molecule has 4 heteroatoms. The van der Waals surface area contributed by atoms with E-state index in [1.165, 1.54) is 0 Å². The van der Waals surface area contributed by atoms with Crippen LogP contribution in [-0.2, 0) is 0 Å². The second-order valence-electron chi connectivity index (χ2n) is 3.97. The largest absolute Gasteiger partial charge is 1.00 e. The van der Waals surface area contributed by atoms with E-state index >= 15 is 0 Å². The summed E-state index contributed by atoms with van der Waals surface area (Å²) in [4.78, 5) is 3.92. The van der Waals surface area contributed by atoms with Crippen molar-refractivity contribution in [1.82, 2.24) is 9.80 Å². The number of allylic oxidation sites excluding steroid dienone is 6. The van der Waals surface area contributed by atoms with Crippen molar-refractivity contribution in [2.75, 3.05) is 13.1 Å². The van der Waals surface area contributed by atoms with Gasteiger partial charge in [-0.25, -0.2) is 9.80 Å². The predicted octanol–water partition coefficient (Wildman–Crippen LogP) is -3.04. The van der Waals surface area contributed by atoms with Gasteiger partial charge < -0.3 is 34.0 Å². The van der Waals surface area contributed by atoms with Crippen molar-refractivity contribution in [3.8, 4) is 0 Å². The summed E-state index contributed by atoms with van der Waals surface area (Å²) < 4.78 is 0. The van der Waals surface area contributed by atoms with E-state index in [1.54, 1.807) is 0 Å². The third kappa shape index (κ3) is 4.92. The average molecular weight is 396 g/mol. The van der Waals surface area contributed by atoms with Crippen molar-refractivity contribution in [3.63, 3.8) is 0 Å². The van der Waals surface area contributed by atoms with Crippen LogP contribution in [0.3, 0.4) is 0 Å². The monoisotopic (exact) mass is 394 g/mol. The van der Waals surface area contributed by atoms with Gasteiger partial charge in [-0.2, -0.15) is 0 Å². The molecule has 0 unspecified atom stereocenters. The molecule has 2 heterocycles. The molecule has 0 atom stereocenters. The summed E-state index contributed by atoms with van der Waals surface area (Å²) in [5, 5.41) is 0. The first kappa shape index (κ1) is 18.6. The van der Waals surface area contributed by atoms with Crippen LogP contribution in [0.4, 0.5) is 0 Å². The van der Waals surface area contributed by atoms with Gasteiger partial charge in [0, 0.05) is 0 Å². The Morgan fingerprint density at radius 2 is 1.25 bits per heavy atom. The molecule has 2 rings (SSSR count). The molecule has 2 aliphatic heterocycles. The highest BCUT2D eigenvalue weighted by Gasteiger charge is 2.19. The molecule has 0 bridgehead atoms. The number of hydrogen-bond acceptors (Lipinski definition) is 2. The molecule has 0 aromatic rings. The molecule has 2 nitrogen and oxygen atoms in total. The Morgan fingerprint density at radius 1 is 0.850 bits per heavy atom. The lowest BCUT2D eigenvalue weighted by Gasteiger charge is -2.07. The van der Waals surface area contributed by atoms with Gasteiger partial charge in [0.05, 0.1) is 25.2 Å². The summed E-state index contributed by atoms with van der Waals surface area (Å²) in [6.45, 7) is 8.97. The van der Waals surface area contributed by atoms with Crippen molar-refractivity contribution >= 4 is 0 Å².